The molecule has 7 nitrogen and oxygen atoms in total. The van der Waals surface area contributed by atoms with Gasteiger partial charge < -0.3 is 19.9 Å². The fourth-order valence-corrected chi connectivity index (χ4v) is 2.77. The Morgan fingerprint density at radius 3 is 2.41 bits per heavy atom. The van der Waals surface area contributed by atoms with Crippen molar-refractivity contribution in [2.45, 2.75) is 13.8 Å². The van der Waals surface area contributed by atoms with Gasteiger partial charge in [0.1, 0.15) is 5.69 Å². The summed E-state index contributed by atoms with van der Waals surface area (Å²) in [7, 11) is 3.92. The van der Waals surface area contributed by atoms with Crippen molar-refractivity contribution in [1.29, 1.82) is 0 Å². The van der Waals surface area contributed by atoms with Gasteiger partial charge >= 0.3 is 5.97 Å². The van der Waals surface area contributed by atoms with Crippen LogP contribution in [0.5, 0.6) is 0 Å². The van der Waals surface area contributed by atoms with E-state index in [1.165, 1.54) is 0 Å². The summed E-state index contributed by atoms with van der Waals surface area (Å²) in [6.45, 7) is 4.70. The number of ketones is 1. The van der Waals surface area contributed by atoms with Crippen LogP contribution in [0.3, 0.4) is 0 Å². The predicted molar refractivity (Wildman–Crippen MR) is 102 cm³/mol. The van der Waals surface area contributed by atoms with Crippen LogP contribution in [-0.2, 0) is 9.53 Å². The zero-order chi connectivity index (χ0) is 20.0. The number of Topliss-reactive ketones (excluding diaryl/α,β-unsaturated/α-hetero) is 1. The van der Waals surface area contributed by atoms with Crippen molar-refractivity contribution >= 4 is 17.7 Å². The maximum absolute atomic E-state index is 12.8. The molecule has 0 saturated heterocycles. The standard InChI is InChI=1S/C20H25N3O4/c1-5-27-20(26)15-13(2)22-17(16(15)14-9-7-6-8-10-14)18(24)19(25)21-11-12-23(3)4/h6-10,22H,5,11-12H2,1-4H3,(H,21,25)/p+1. The van der Waals surface area contributed by atoms with Gasteiger partial charge in [-0.05, 0) is 19.4 Å². The maximum Gasteiger partial charge on any atom is 0.340 e. The van der Waals surface area contributed by atoms with Gasteiger partial charge in [0.2, 0.25) is 0 Å². The number of carbonyl (C=O) groups excluding carboxylic acids is 3. The average molecular weight is 372 g/mol. The lowest BCUT2D eigenvalue weighted by atomic mass is 9.98. The number of aryl methyl sites for hydroxylation is 1. The molecular formula is C20H26N3O4+. The first kappa shape index (κ1) is 20.4. The largest absolute Gasteiger partial charge is 0.462 e. The number of carbonyl (C=O) groups is 3. The zero-order valence-electron chi connectivity index (χ0n) is 16.1. The Bertz CT molecular complexity index is 825. The molecule has 0 saturated carbocycles. The summed E-state index contributed by atoms with van der Waals surface area (Å²) in [4.78, 5) is 41.6. The molecule has 1 aromatic carbocycles. The van der Waals surface area contributed by atoms with Crippen molar-refractivity contribution < 1.29 is 24.0 Å². The Morgan fingerprint density at radius 1 is 1.15 bits per heavy atom. The number of H-pyrrole nitrogens is 1. The molecule has 0 unspecified atom stereocenters. The Labute approximate surface area is 158 Å². The van der Waals surface area contributed by atoms with Crippen molar-refractivity contribution in [3.63, 3.8) is 0 Å². The smallest absolute Gasteiger partial charge is 0.340 e. The van der Waals surface area contributed by atoms with Crippen LogP contribution < -0.4 is 10.2 Å². The van der Waals surface area contributed by atoms with Gasteiger partial charge in [-0.15, -0.1) is 0 Å². The van der Waals surface area contributed by atoms with E-state index in [2.05, 4.69) is 10.3 Å². The highest BCUT2D eigenvalue weighted by Crippen LogP contribution is 2.31. The molecule has 0 spiro atoms. The van der Waals surface area contributed by atoms with E-state index in [1.54, 1.807) is 38.1 Å². The molecule has 0 aliphatic rings. The molecule has 0 aliphatic heterocycles. The number of quaternary nitrogens is 1. The molecule has 1 heterocycles. The quantitative estimate of drug-likeness (QED) is 0.360. The van der Waals surface area contributed by atoms with Gasteiger partial charge in [-0.2, -0.15) is 0 Å². The fraction of sp³-hybridized carbons (Fsp3) is 0.350. The molecule has 0 radical (unpaired) electrons. The second-order valence-corrected chi connectivity index (χ2v) is 6.50. The Hall–Kier alpha value is -2.93. The molecule has 7 heteroatoms. The SMILES string of the molecule is CCOC(=O)c1c(C)[nH]c(C(=O)C(=O)NCC[NH+](C)C)c1-c1ccccc1. The molecule has 2 rings (SSSR count). The Balaban J connectivity index is 2.44. The molecule has 0 bridgehead atoms. The monoisotopic (exact) mass is 372 g/mol. The minimum absolute atomic E-state index is 0.0939. The predicted octanol–water partition coefficient (Wildman–Crippen LogP) is 0.610. The third-order valence-electron chi connectivity index (χ3n) is 4.07. The first-order chi connectivity index (χ1) is 12.9. The summed E-state index contributed by atoms with van der Waals surface area (Å²) >= 11 is 0. The van der Waals surface area contributed by atoms with Crippen molar-refractivity contribution in [2.75, 3.05) is 33.8 Å². The number of hydrogen-bond donors (Lipinski definition) is 3. The minimum Gasteiger partial charge on any atom is -0.462 e. The van der Waals surface area contributed by atoms with Crippen LogP contribution in [0.15, 0.2) is 30.3 Å². The van der Waals surface area contributed by atoms with Crippen LogP contribution in [0.2, 0.25) is 0 Å². The lowest BCUT2D eigenvalue weighted by molar-refractivity contribution is -0.856. The first-order valence-corrected chi connectivity index (χ1v) is 8.93. The normalized spacial score (nSPS) is 10.7. The summed E-state index contributed by atoms with van der Waals surface area (Å²) in [6, 6.07) is 9.03. The van der Waals surface area contributed by atoms with E-state index >= 15 is 0 Å². The number of esters is 1. The molecule has 144 valence electrons. The molecule has 0 aliphatic carbocycles. The highest BCUT2D eigenvalue weighted by molar-refractivity contribution is 6.43. The van der Waals surface area contributed by atoms with E-state index in [4.69, 9.17) is 4.74 Å². The molecule has 0 fully saturated rings. The summed E-state index contributed by atoms with van der Waals surface area (Å²) in [5, 5.41) is 2.63. The third kappa shape index (κ3) is 4.83. The number of hydrogen-bond acceptors (Lipinski definition) is 4. The number of amides is 1. The maximum atomic E-state index is 12.8. The van der Waals surface area contributed by atoms with Gasteiger partial charge in [0.25, 0.3) is 11.7 Å². The van der Waals surface area contributed by atoms with E-state index in [9.17, 15) is 14.4 Å². The van der Waals surface area contributed by atoms with Crippen LogP contribution in [0.25, 0.3) is 11.1 Å². The van der Waals surface area contributed by atoms with E-state index in [1.807, 2.05) is 20.2 Å². The molecule has 2 aromatic rings. The molecular weight excluding hydrogens is 346 g/mol. The molecule has 1 amide bonds. The van der Waals surface area contributed by atoms with Crippen LogP contribution in [0.4, 0.5) is 0 Å². The molecule has 3 N–H and O–H groups in total. The first-order valence-electron chi connectivity index (χ1n) is 8.93. The number of likely N-dealkylation sites (N-methyl/N-ethyl adjacent to an activating group) is 1. The topological polar surface area (TPSA) is 92.7 Å². The van der Waals surface area contributed by atoms with Crippen molar-refractivity contribution in [2.24, 2.45) is 0 Å². The number of ether oxygens (including phenoxy) is 1. The summed E-state index contributed by atoms with van der Waals surface area (Å²) < 4.78 is 5.14. The van der Waals surface area contributed by atoms with Crippen LogP contribution in [0.1, 0.15) is 33.5 Å². The zero-order valence-corrected chi connectivity index (χ0v) is 16.1. The second kappa shape index (κ2) is 9.14. The van der Waals surface area contributed by atoms with Crippen LogP contribution in [0, 0.1) is 6.92 Å². The lowest BCUT2D eigenvalue weighted by Crippen LogP contribution is -3.06. The molecule has 1 aromatic heterocycles. The van der Waals surface area contributed by atoms with Gasteiger partial charge in [-0.3, -0.25) is 9.59 Å². The van der Waals surface area contributed by atoms with E-state index < -0.39 is 17.7 Å². The van der Waals surface area contributed by atoms with Gasteiger partial charge in [0, 0.05) is 11.3 Å². The van der Waals surface area contributed by atoms with Gasteiger partial charge in [-0.1, -0.05) is 30.3 Å². The fourth-order valence-electron chi connectivity index (χ4n) is 2.77. The molecule has 0 atom stereocenters. The highest BCUT2D eigenvalue weighted by Gasteiger charge is 2.29. The number of rotatable bonds is 8. The van der Waals surface area contributed by atoms with Gasteiger partial charge in [0.15, 0.2) is 0 Å². The van der Waals surface area contributed by atoms with Crippen molar-refractivity contribution in [3.8, 4) is 11.1 Å². The van der Waals surface area contributed by atoms with Gasteiger partial charge in [0.05, 0.1) is 39.4 Å². The average Bonchev–Trinajstić information content (AvgIpc) is 2.98. The Kier molecular flexibility index (Phi) is 6.90. The number of aromatic nitrogens is 1. The van der Waals surface area contributed by atoms with E-state index in [-0.39, 0.29) is 17.9 Å². The number of aromatic amines is 1. The van der Waals surface area contributed by atoms with Crippen molar-refractivity contribution in [3.05, 3.63) is 47.3 Å². The summed E-state index contributed by atoms with van der Waals surface area (Å²) in [6.07, 6.45) is 0. The Morgan fingerprint density at radius 2 is 1.81 bits per heavy atom. The number of nitrogens with one attached hydrogen (secondary N) is 3. The summed E-state index contributed by atoms with van der Waals surface area (Å²) in [5.74, 6) is -1.94. The van der Waals surface area contributed by atoms with Crippen molar-refractivity contribution in [1.82, 2.24) is 10.3 Å². The van der Waals surface area contributed by atoms with Crippen LogP contribution >= 0.6 is 0 Å². The number of benzene rings is 1. The third-order valence-corrected chi connectivity index (χ3v) is 4.07. The second-order valence-electron chi connectivity index (χ2n) is 6.50. The summed E-state index contributed by atoms with van der Waals surface area (Å²) in [5.41, 5.74) is 1.92. The highest BCUT2D eigenvalue weighted by atomic mass is 16.5. The molecule has 27 heavy (non-hydrogen) atoms. The van der Waals surface area contributed by atoms with Gasteiger partial charge in [-0.25, -0.2) is 4.79 Å². The minimum atomic E-state index is -0.707. The lowest BCUT2D eigenvalue weighted by Gasteiger charge is -2.09. The van der Waals surface area contributed by atoms with E-state index in [0.717, 1.165) is 4.90 Å². The van der Waals surface area contributed by atoms with Crippen LogP contribution in [-0.4, -0.2) is 56.4 Å². The van der Waals surface area contributed by atoms with E-state index in [0.29, 0.717) is 29.9 Å².